The summed E-state index contributed by atoms with van der Waals surface area (Å²) in [5.41, 5.74) is 9.63. The number of fused-ring (bicyclic) bond motifs is 1. The minimum atomic E-state index is 0.387. The molecule has 0 aromatic heterocycles. The van der Waals surface area contributed by atoms with Crippen molar-refractivity contribution in [2.24, 2.45) is 0 Å². The monoisotopic (exact) mass is 330 g/mol. The minimum absolute atomic E-state index is 0.387. The maximum Gasteiger partial charge on any atom is 0.0829 e. The zero-order valence-corrected chi connectivity index (χ0v) is 14.6. The van der Waals surface area contributed by atoms with Crippen molar-refractivity contribution in [3.05, 3.63) is 23.8 Å². The summed E-state index contributed by atoms with van der Waals surface area (Å²) in [7, 11) is 0. The number of morpholine rings is 1. The predicted octanol–water partition coefficient (Wildman–Crippen LogP) is 1.43. The number of anilines is 2. The highest BCUT2D eigenvalue weighted by Crippen LogP contribution is 2.29. The van der Waals surface area contributed by atoms with E-state index in [2.05, 4.69) is 26.8 Å². The Balaban J connectivity index is 1.28. The van der Waals surface area contributed by atoms with E-state index >= 15 is 0 Å². The number of rotatable bonds is 5. The molecule has 2 saturated heterocycles. The van der Waals surface area contributed by atoms with Crippen LogP contribution in [0.5, 0.6) is 0 Å². The molecule has 1 atom stereocenters. The third-order valence-electron chi connectivity index (χ3n) is 5.67. The van der Waals surface area contributed by atoms with Gasteiger partial charge < -0.3 is 20.3 Å². The van der Waals surface area contributed by atoms with Crippen LogP contribution in [0.4, 0.5) is 11.4 Å². The van der Waals surface area contributed by atoms with E-state index in [0.29, 0.717) is 6.10 Å². The van der Waals surface area contributed by atoms with Crippen LogP contribution in [0.2, 0.25) is 0 Å². The molecule has 0 aliphatic carbocycles. The molecule has 132 valence electrons. The Labute approximate surface area is 145 Å². The van der Waals surface area contributed by atoms with E-state index in [9.17, 15) is 0 Å². The molecule has 3 heterocycles. The van der Waals surface area contributed by atoms with Crippen LogP contribution in [0.15, 0.2) is 18.2 Å². The first-order chi connectivity index (χ1) is 11.8. The summed E-state index contributed by atoms with van der Waals surface area (Å²) in [6, 6.07) is 6.34. The molecule has 3 aliphatic heterocycles. The maximum atomic E-state index is 6.00. The second kappa shape index (κ2) is 7.30. The summed E-state index contributed by atoms with van der Waals surface area (Å²) in [5.74, 6) is 0. The molecule has 5 nitrogen and oxygen atoms in total. The first-order valence-corrected chi connectivity index (χ1v) is 9.47. The highest BCUT2D eigenvalue weighted by molar-refractivity contribution is 5.64. The van der Waals surface area contributed by atoms with Crippen molar-refractivity contribution in [2.75, 3.05) is 69.6 Å². The molecule has 0 bridgehead atoms. The topological polar surface area (TPSA) is 45.0 Å². The van der Waals surface area contributed by atoms with Gasteiger partial charge in [0.05, 0.1) is 12.7 Å². The molecule has 2 N–H and O–H groups in total. The zero-order valence-electron chi connectivity index (χ0n) is 14.6. The number of likely N-dealkylation sites (tertiary alicyclic amines) is 1. The maximum absolute atomic E-state index is 6.00. The fourth-order valence-corrected chi connectivity index (χ4v) is 4.30. The predicted molar refractivity (Wildman–Crippen MR) is 98.6 cm³/mol. The van der Waals surface area contributed by atoms with Crippen molar-refractivity contribution >= 4 is 11.4 Å². The van der Waals surface area contributed by atoms with Gasteiger partial charge in [0.15, 0.2) is 0 Å². The van der Waals surface area contributed by atoms with E-state index in [4.69, 9.17) is 10.5 Å². The van der Waals surface area contributed by atoms with Crippen LogP contribution < -0.4 is 10.6 Å². The Morgan fingerprint density at radius 1 is 1.04 bits per heavy atom. The Morgan fingerprint density at radius 2 is 1.92 bits per heavy atom. The van der Waals surface area contributed by atoms with Crippen LogP contribution in [-0.2, 0) is 11.2 Å². The van der Waals surface area contributed by atoms with Gasteiger partial charge in [-0.15, -0.1) is 0 Å². The van der Waals surface area contributed by atoms with Crippen molar-refractivity contribution < 1.29 is 4.74 Å². The van der Waals surface area contributed by atoms with Crippen LogP contribution in [0.25, 0.3) is 0 Å². The van der Waals surface area contributed by atoms with Crippen molar-refractivity contribution in [2.45, 2.75) is 25.4 Å². The summed E-state index contributed by atoms with van der Waals surface area (Å²) in [6.45, 7) is 9.98. The van der Waals surface area contributed by atoms with Crippen molar-refractivity contribution in [3.8, 4) is 0 Å². The molecule has 0 amide bonds. The lowest BCUT2D eigenvalue weighted by molar-refractivity contribution is -0.0398. The SMILES string of the molecule is Nc1ccc2c(c1)N(CCN1CCOC(CN3CCCC3)C1)CC2. The molecule has 3 aliphatic rings. The second-order valence-electron chi connectivity index (χ2n) is 7.43. The number of nitrogens with zero attached hydrogens (tertiary/aromatic N) is 3. The van der Waals surface area contributed by atoms with Crippen molar-refractivity contribution in [1.29, 1.82) is 0 Å². The smallest absolute Gasteiger partial charge is 0.0829 e. The first kappa shape index (κ1) is 16.2. The number of hydrogen-bond acceptors (Lipinski definition) is 5. The molecular formula is C19H30N4O. The van der Waals surface area contributed by atoms with Crippen LogP contribution in [0.1, 0.15) is 18.4 Å². The fraction of sp³-hybridized carbons (Fsp3) is 0.684. The van der Waals surface area contributed by atoms with Gasteiger partial charge in [-0.3, -0.25) is 4.90 Å². The molecule has 2 fully saturated rings. The minimum Gasteiger partial charge on any atom is -0.399 e. The summed E-state index contributed by atoms with van der Waals surface area (Å²) < 4.78 is 6.00. The molecule has 0 radical (unpaired) electrons. The third kappa shape index (κ3) is 3.68. The zero-order chi connectivity index (χ0) is 16.4. The van der Waals surface area contributed by atoms with E-state index in [0.717, 1.165) is 58.0 Å². The van der Waals surface area contributed by atoms with Gasteiger partial charge in [0.25, 0.3) is 0 Å². The summed E-state index contributed by atoms with van der Waals surface area (Å²) in [5, 5.41) is 0. The number of nitrogen functional groups attached to an aromatic ring is 1. The summed E-state index contributed by atoms with van der Waals surface area (Å²) in [4.78, 5) is 7.64. The van der Waals surface area contributed by atoms with Gasteiger partial charge >= 0.3 is 0 Å². The number of ether oxygens (including phenoxy) is 1. The van der Waals surface area contributed by atoms with Gasteiger partial charge in [0.2, 0.25) is 0 Å². The highest BCUT2D eigenvalue weighted by Gasteiger charge is 2.25. The summed E-state index contributed by atoms with van der Waals surface area (Å²) >= 11 is 0. The van der Waals surface area contributed by atoms with Crippen LogP contribution in [0, 0.1) is 0 Å². The second-order valence-corrected chi connectivity index (χ2v) is 7.43. The molecule has 1 aromatic rings. The number of nitrogens with two attached hydrogens (primary N) is 1. The lowest BCUT2D eigenvalue weighted by Crippen LogP contribution is -2.49. The quantitative estimate of drug-likeness (QED) is 0.828. The lowest BCUT2D eigenvalue weighted by atomic mass is 10.1. The fourth-order valence-electron chi connectivity index (χ4n) is 4.30. The van der Waals surface area contributed by atoms with E-state index < -0.39 is 0 Å². The summed E-state index contributed by atoms with van der Waals surface area (Å²) in [6.07, 6.45) is 4.25. The van der Waals surface area contributed by atoms with Crippen LogP contribution in [0.3, 0.4) is 0 Å². The third-order valence-corrected chi connectivity index (χ3v) is 5.67. The Bertz CT molecular complexity index is 558. The normalized spacial score (nSPS) is 25.3. The average molecular weight is 330 g/mol. The van der Waals surface area contributed by atoms with E-state index in [1.165, 1.54) is 37.2 Å². The first-order valence-electron chi connectivity index (χ1n) is 9.47. The molecule has 1 aromatic carbocycles. The molecule has 24 heavy (non-hydrogen) atoms. The lowest BCUT2D eigenvalue weighted by Gasteiger charge is -2.35. The highest BCUT2D eigenvalue weighted by atomic mass is 16.5. The molecule has 5 heteroatoms. The molecule has 1 unspecified atom stereocenters. The molecular weight excluding hydrogens is 300 g/mol. The number of hydrogen-bond donors (Lipinski definition) is 1. The van der Waals surface area contributed by atoms with Gasteiger partial charge in [-0.05, 0) is 50.0 Å². The van der Waals surface area contributed by atoms with Gasteiger partial charge in [0.1, 0.15) is 0 Å². The van der Waals surface area contributed by atoms with Gasteiger partial charge in [-0.2, -0.15) is 0 Å². The molecule has 0 saturated carbocycles. The Kier molecular flexibility index (Phi) is 4.92. The average Bonchev–Trinajstić information content (AvgIpc) is 3.23. The Hall–Kier alpha value is -1.30. The largest absolute Gasteiger partial charge is 0.399 e. The van der Waals surface area contributed by atoms with E-state index in [1.807, 2.05) is 6.07 Å². The molecule has 4 rings (SSSR count). The van der Waals surface area contributed by atoms with Gasteiger partial charge in [-0.1, -0.05) is 6.07 Å². The van der Waals surface area contributed by atoms with Gasteiger partial charge in [0, 0.05) is 50.6 Å². The van der Waals surface area contributed by atoms with Crippen LogP contribution in [-0.4, -0.2) is 74.9 Å². The van der Waals surface area contributed by atoms with E-state index in [1.54, 1.807) is 0 Å². The van der Waals surface area contributed by atoms with Crippen LogP contribution >= 0.6 is 0 Å². The van der Waals surface area contributed by atoms with Gasteiger partial charge in [-0.25, -0.2) is 0 Å². The number of benzene rings is 1. The molecule has 0 spiro atoms. The standard InChI is InChI=1S/C19H30N4O/c20-17-4-3-16-5-8-23(19(16)13-17)10-9-22-11-12-24-18(15-22)14-21-6-1-2-7-21/h3-4,13,18H,1-2,5-12,14-15,20H2. The van der Waals surface area contributed by atoms with Crippen molar-refractivity contribution in [1.82, 2.24) is 9.80 Å². The van der Waals surface area contributed by atoms with Crippen molar-refractivity contribution in [3.63, 3.8) is 0 Å². The van der Waals surface area contributed by atoms with E-state index in [-0.39, 0.29) is 0 Å². The Morgan fingerprint density at radius 3 is 2.79 bits per heavy atom.